The van der Waals surface area contributed by atoms with Gasteiger partial charge in [0, 0.05) is 18.1 Å². The average molecular weight is 227 g/mol. The van der Waals surface area contributed by atoms with Crippen molar-refractivity contribution < 1.29 is 19.0 Å². The Morgan fingerprint density at radius 3 is 2.00 bits per heavy atom. The molecule has 1 rings (SSSR count). The van der Waals surface area contributed by atoms with E-state index in [0.29, 0.717) is 24.5 Å². The van der Waals surface area contributed by atoms with Crippen molar-refractivity contribution in [3.63, 3.8) is 0 Å². The first-order valence-corrected chi connectivity index (χ1v) is 4.87. The normalized spacial score (nSPS) is 10.0. The van der Waals surface area contributed by atoms with Crippen molar-refractivity contribution in [1.82, 2.24) is 0 Å². The second-order valence-electron chi connectivity index (χ2n) is 3.14. The summed E-state index contributed by atoms with van der Waals surface area (Å²) in [6.07, 6.45) is 0.653. The smallest absolute Gasteiger partial charge is 0.164 e. The van der Waals surface area contributed by atoms with Gasteiger partial charge in [0.2, 0.25) is 0 Å². The SMILES string of the molecule is COc1cc(OC)c(OC)cc1CCON. The van der Waals surface area contributed by atoms with Gasteiger partial charge in [-0.15, -0.1) is 0 Å². The second kappa shape index (κ2) is 6.19. The number of ether oxygens (including phenoxy) is 3. The molecule has 0 spiro atoms. The van der Waals surface area contributed by atoms with Crippen LogP contribution in [0.5, 0.6) is 17.2 Å². The van der Waals surface area contributed by atoms with E-state index in [1.165, 1.54) is 0 Å². The summed E-state index contributed by atoms with van der Waals surface area (Å²) < 4.78 is 15.6. The Labute approximate surface area is 95.0 Å². The third kappa shape index (κ3) is 2.77. The van der Waals surface area contributed by atoms with Crippen LogP contribution >= 0.6 is 0 Å². The lowest BCUT2D eigenvalue weighted by Crippen LogP contribution is -2.05. The third-order valence-corrected chi connectivity index (χ3v) is 2.28. The summed E-state index contributed by atoms with van der Waals surface area (Å²) in [5.41, 5.74) is 0.964. The van der Waals surface area contributed by atoms with Crippen LogP contribution in [0.3, 0.4) is 0 Å². The predicted molar refractivity (Wildman–Crippen MR) is 59.9 cm³/mol. The van der Waals surface area contributed by atoms with Gasteiger partial charge in [-0.3, -0.25) is 0 Å². The number of methoxy groups -OCH3 is 3. The van der Waals surface area contributed by atoms with E-state index >= 15 is 0 Å². The summed E-state index contributed by atoms with van der Waals surface area (Å²) in [4.78, 5) is 4.55. The molecular formula is C11H17NO4. The molecule has 90 valence electrons. The third-order valence-electron chi connectivity index (χ3n) is 2.28. The van der Waals surface area contributed by atoms with Crippen LogP contribution in [0.4, 0.5) is 0 Å². The number of nitrogens with two attached hydrogens (primary N) is 1. The van der Waals surface area contributed by atoms with Crippen LogP contribution in [0, 0.1) is 0 Å². The summed E-state index contributed by atoms with van der Waals surface area (Å²) in [6.45, 7) is 0.422. The van der Waals surface area contributed by atoms with Crippen molar-refractivity contribution >= 4 is 0 Å². The molecule has 0 aliphatic carbocycles. The van der Waals surface area contributed by atoms with E-state index in [0.717, 1.165) is 11.3 Å². The lowest BCUT2D eigenvalue weighted by atomic mass is 10.1. The molecule has 1 aromatic carbocycles. The maximum absolute atomic E-state index is 5.25. The number of hydrogen-bond donors (Lipinski definition) is 1. The van der Waals surface area contributed by atoms with Gasteiger partial charge in [-0.1, -0.05) is 0 Å². The van der Waals surface area contributed by atoms with Gasteiger partial charge >= 0.3 is 0 Å². The fourth-order valence-corrected chi connectivity index (χ4v) is 1.46. The molecule has 0 aromatic heterocycles. The zero-order valence-electron chi connectivity index (χ0n) is 9.78. The standard InChI is InChI=1S/C11H17NO4/c1-13-9-7-11(15-3)10(14-2)6-8(9)4-5-16-12/h6-7H,4-5,12H2,1-3H3. The molecule has 0 saturated carbocycles. The quantitative estimate of drug-likeness (QED) is 0.738. The van der Waals surface area contributed by atoms with Crippen LogP contribution in [0.15, 0.2) is 12.1 Å². The first kappa shape index (κ1) is 12.6. The minimum Gasteiger partial charge on any atom is -0.496 e. The van der Waals surface area contributed by atoms with Crippen molar-refractivity contribution in [2.75, 3.05) is 27.9 Å². The van der Waals surface area contributed by atoms with Gasteiger partial charge in [0.05, 0.1) is 27.9 Å². The molecule has 0 atom stereocenters. The zero-order chi connectivity index (χ0) is 12.0. The Kier molecular flexibility index (Phi) is 4.88. The average Bonchev–Trinajstić information content (AvgIpc) is 2.35. The van der Waals surface area contributed by atoms with Gasteiger partial charge in [-0.2, -0.15) is 0 Å². The first-order chi connectivity index (χ1) is 7.76. The molecule has 0 aliphatic rings. The fourth-order valence-electron chi connectivity index (χ4n) is 1.46. The van der Waals surface area contributed by atoms with Gasteiger partial charge in [0.1, 0.15) is 5.75 Å². The lowest BCUT2D eigenvalue weighted by Gasteiger charge is -2.13. The fraction of sp³-hybridized carbons (Fsp3) is 0.455. The molecule has 0 fully saturated rings. The van der Waals surface area contributed by atoms with Crippen LogP contribution in [0.25, 0.3) is 0 Å². The van der Waals surface area contributed by atoms with Gasteiger partial charge in [-0.25, -0.2) is 5.90 Å². The predicted octanol–water partition coefficient (Wildman–Crippen LogP) is 1.15. The minimum atomic E-state index is 0.422. The molecular weight excluding hydrogens is 210 g/mol. The molecule has 1 aromatic rings. The molecule has 16 heavy (non-hydrogen) atoms. The van der Waals surface area contributed by atoms with E-state index in [-0.39, 0.29) is 0 Å². The maximum atomic E-state index is 5.25. The van der Waals surface area contributed by atoms with Crippen LogP contribution in [0.2, 0.25) is 0 Å². The van der Waals surface area contributed by atoms with E-state index in [9.17, 15) is 0 Å². The first-order valence-electron chi connectivity index (χ1n) is 4.87. The number of hydrogen-bond acceptors (Lipinski definition) is 5. The molecule has 5 nitrogen and oxygen atoms in total. The Morgan fingerprint density at radius 2 is 1.50 bits per heavy atom. The Morgan fingerprint density at radius 1 is 0.938 bits per heavy atom. The van der Waals surface area contributed by atoms with E-state index in [2.05, 4.69) is 4.84 Å². The van der Waals surface area contributed by atoms with E-state index in [4.69, 9.17) is 20.1 Å². The van der Waals surface area contributed by atoms with Crippen molar-refractivity contribution in [2.45, 2.75) is 6.42 Å². The molecule has 0 aliphatic heterocycles. The maximum Gasteiger partial charge on any atom is 0.164 e. The minimum absolute atomic E-state index is 0.422. The molecule has 5 heteroatoms. The molecule has 0 saturated heterocycles. The zero-order valence-corrected chi connectivity index (χ0v) is 9.78. The number of rotatable bonds is 6. The summed E-state index contributed by atoms with van der Waals surface area (Å²) in [6, 6.07) is 3.64. The number of benzene rings is 1. The highest BCUT2D eigenvalue weighted by Gasteiger charge is 2.11. The van der Waals surface area contributed by atoms with Gasteiger partial charge in [-0.05, 0) is 6.07 Å². The monoisotopic (exact) mass is 227 g/mol. The Balaban J connectivity index is 3.05. The van der Waals surface area contributed by atoms with Crippen molar-refractivity contribution in [1.29, 1.82) is 0 Å². The molecule has 0 radical (unpaired) electrons. The molecule has 0 unspecified atom stereocenters. The lowest BCUT2D eigenvalue weighted by molar-refractivity contribution is 0.140. The summed E-state index contributed by atoms with van der Waals surface area (Å²) in [5.74, 6) is 7.03. The topological polar surface area (TPSA) is 62.9 Å². The van der Waals surface area contributed by atoms with E-state index < -0.39 is 0 Å². The van der Waals surface area contributed by atoms with Gasteiger partial charge < -0.3 is 19.0 Å². The summed E-state index contributed by atoms with van der Waals surface area (Å²) in [7, 11) is 4.78. The Hall–Kier alpha value is -1.46. The van der Waals surface area contributed by atoms with Crippen molar-refractivity contribution in [3.8, 4) is 17.2 Å². The summed E-state index contributed by atoms with van der Waals surface area (Å²) >= 11 is 0. The van der Waals surface area contributed by atoms with Crippen LogP contribution in [-0.2, 0) is 11.3 Å². The summed E-state index contributed by atoms with van der Waals surface area (Å²) in [5, 5.41) is 0. The van der Waals surface area contributed by atoms with Crippen LogP contribution < -0.4 is 20.1 Å². The molecule has 0 heterocycles. The molecule has 0 amide bonds. The highest BCUT2D eigenvalue weighted by molar-refractivity contribution is 5.50. The highest BCUT2D eigenvalue weighted by atomic mass is 16.6. The van der Waals surface area contributed by atoms with Crippen LogP contribution in [0.1, 0.15) is 5.56 Å². The van der Waals surface area contributed by atoms with E-state index in [1.54, 1.807) is 27.4 Å². The van der Waals surface area contributed by atoms with Crippen molar-refractivity contribution in [2.24, 2.45) is 5.90 Å². The van der Waals surface area contributed by atoms with E-state index in [1.807, 2.05) is 6.07 Å². The largest absolute Gasteiger partial charge is 0.496 e. The Bertz CT molecular complexity index is 341. The highest BCUT2D eigenvalue weighted by Crippen LogP contribution is 2.34. The molecule has 2 N–H and O–H groups in total. The second-order valence-corrected chi connectivity index (χ2v) is 3.14. The van der Waals surface area contributed by atoms with Crippen LogP contribution in [-0.4, -0.2) is 27.9 Å². The van der Waals surface area contributed by atoms with Gasteiger partial charge in [0.25, 0.3) is 0 Å². The van der Waals surface area contributed by atoms with Gasteiger partial charge in [0.15, 0.2) is 11.5 Å². The van der Waals surface area contributed by atoms with Crippen molar-refractivity contribution in [3.05, 3.63) is 17.7 Å². The molecule has 0 bridgehead atoms.